The maximum atomic E-state index is 12.6. The zero-order chi connectivity index (χ0) is 29.1. The lowest BCUT2D eigenvalue weighted by Gasteiger charge is -2.09. The van der Waals surface area contributed by atoms with Crippen molar-refractivity contribution in [1.82, 2.24) is 30.6 Å². The Morgan fingerprint density at radius 1 is 0.929 bits per heavy atom. The van der Waals surface area contributed by atoms with E-state index >= 15 is 0 Å². The average molecular weight is 602 g/mol. The summed E-state index contributed by atoms with van der Waals surface area (Å²) in [7, 11) is 3.16. The molecule has 0 saturated heterocycles. The molecule has 2 amide bonds. The Kier molecular flexibility index (Phi) is 9.86. The molecular formula is C29H29N8O3S2+. The Bertz CT molecular complexity index is 1630. The fraction of sp³-hybridized carbons (Fsp3) is 0.172. The van der Waals surface area contributed by atoms with Gasteiger partial charge in [0.05, 0.1) is 6.33 Å². The number of anilines is 1. The molecule has 11 nitrogen and oxygen atoms in total. The molecule has 13 heteroatoms. The van der Waals surface area contributed by atoms with Gasteiger partial charge in [-0.1, -0.05) is 53.3 Å². The van der Waals surface area contributed by atoms with Crippen molar-refractivity contribution in [3.63, 3.8) is 0 Å². The predicted octanol–water partition coefficient (Wildman–Crippen LogP) is 3.71. The molecule has 5 rings (SSSR count). The Balaban J connectivity index is 1.01. The quantitative estimate of drug-likeness (QED) is 0.116. The molecular weight excluding hydrogens is 573 g/mol. The van der Waals surface area contributed by atoms with Crippen molar-refractivity contribution >= 4 is 50.5 Å². The number of nitrogens with two attached hydrogens (primary N) is 1. The van der Waals surface area contributed by atoms with Gasteiger partial charge in [0.1, 0.15) is 11.6 Å². The molecule has 3 aromatic heterocycles. The van der Waals surface area contributed by atoms with E-state index in [4.69, 9.17) is 10.5 Å². The van der Waals surface area contributed by atoms with Gasteiger partial charge in [0.15, 0.2) is 5.52 Å². The standard InChI is InChI=1S/C29H28N8O3S2/c30-29-36-26-25(34-18-35-26)28(37-29)40-17-21-6-4-19(5-7-21)16-33-27(39)22-10-8-20(9-11-22)15-32-23(38)12-14-41-42-24-3-1-2-13-31-24/h1-11,13,18H,12,14-17H2,(H,32,38)(H,33,39)(H3,30,34,35,36,37)/p+1. The van der Waals surface area contributed by atoms with Gasteiger partial charge in [-0.15, -0.1) is 0 Å². The maximum absolute atomic E-state index is 12.6. The third-order valence-electron chi connectivity index (χ3n) is 6.07. The molecule has 0 aliphatic heterocycles. The van der Waals surface area contributed by atoms with Crippen LogP contribution in [-0.2, 0) is 24.5 Å². The monoisotopic (exact) mass is 601 g/mol. The van der Waals surface area contributed by atoms with Crippen molar-refractivity contribution in [2.45, 2.75) is 31.1 Å². The summed E-state index contributed by atoms with van der Waals surface area (Å²) >= 11 is 0. The van der Waals surface area contributed by atoms with Crippen LogP contribution in [0.2, 0.25) is 0 Å². The summed E-state index contributed by atoms with van der Waals surface area (Å²) in [6, 6.07) is 20.7. The van der Waals surface area contributed by atoms with E-state index < -0.39 is 0 Å². The van der Waals surface area contributed by atoms with Crippen LogP contribution in [0, 0.1) is 0 Å². The van der Waals surface area contributed by atoms with E-state index in [0.717, 1.165) is 21.7 Å². The molecule has 0 aliphatic rings. The summed E-state index contributed by atoms with van der Waals surface area (Å²) < 4.78 is 5.87. The van der Waals surface area contributed by atoms with Crippen LogP contribution in [0.3, 0.4) is 0 Å². The lowest BCUT2D eigenvalue weighted by molar-refractivity contribution is -0.380. The number of H-pyrrole nitrogens is 2. The molecule has 0 atom stereocenters. The molecule has 0 aliphatic carbocycles. The van der Waals surface area contributed by atoms with Crippen LogP contribution in [0.1, 0.15) is 33.5 Å². The summed E-state index contributed by atoms with van der Waals surface area (Å²) in [5.74, 6) is 1.19. The van der Waals surface area contributed by atoms with Gasteiger partial charge in [-0.3, -0.25) is 15.3 Å². The lowest BCUT2D eigenvalue weighted by Crippen LogP contribution is -2.24. The molecule has 0 radical (unpaired) electrons. The van der Waals surface area contributed by atoms with E-state index in [9.17, 15) is 9.59 Å². The molecule has 0 bridgehead atoms. The second-order valence-corrected chi connectivity index (χ2v) is 11.6. The number of imidazole rings is 1. The number of hydrogen-bond donors (Lipinski definition) is 4. The van der Waals surface area contributed by atoms with E-state index in [1.54, 1.807) is 39.9 Å². The van der Waals surface area contributed by atoms with Crippen molar-refractivity contribution in [3.05, 3.63) is 102 Å². The average Bonchev–Trinajstić information content (AvgIpc) is 3.50. The third kappa shape index (κ3) is 8.21. The van der Waals surface area contributed by atoms with Crippen LogP contribution in [0.25, 0.3) is 11.2 Å². The van der Waals surface area contributed by atoms with E-state index in [0.29, 0.717) is 54.5 Å². The molecule has 0 spiro atoms. The first kappa shape index (κ1) is 28.9. The molecule has 0 fully saturated rings. The van der Waals surface area contributed by atoms with E-state index in [1.807, 2.05) is 54.6 Å². The van der Waals surface area contributed by atoms with E-state index in [1.165, 1.54) is 6.33 Å². The number of nitrogens with zero attached hydrogens (tertiary/aromatic N) is 3. The first-order valence-electron chi connectivity index (χ1n) is 13.1. The second kappa shape index (κ2) is 14.3. The van der Waals surface area contributed by atoms with Crippen molar-refractivity contribution in [1.29, 1.82) is 0 Å². The number of benzene rings is 2. The third-order valence-corrected chi connectivity index (χ3v) is 8.34. The summed E-state index contributed by atoms with van der Waals surface area (Å²) in [6.45, 7) is 1.11. The molecule has 2 aromatic carbocycles. The lowest BCUT2D eigenvalue weighted by atomic mass is 10.1. The highest BCUT2D eigenvalue weighted by atomic mass is 33.1. The Morgan fingerprint density at radius 2 is 1.67 bits per heavy atom. The number of carbonyl (C=O) groups is 2. The van der Waals surface area contributed by atoms with Gasteiger partial charge in [-0.2, -0.15) is 0 Å². The zero-order valence-electron chi connectivity index (χ0n) is 22.5. The minimum Gasteiger partial charge on any atom is -0.461 e. The number of carbonyl (C=O) groups excluding carboxylic acids is 2. The molecule has 3 heterocycles. The van der Waals surface area contributed by atoms with Gasteiger partial charge in [-0.25, -0.2) is 15.0 Å². The molecule has 0 unspecified atom stereocenters. The zero-order valence-corrected chi connectivity index (χ0v) is 24.1. The minimum atomic E-state index is -0.171. The minimum absolute atomic E-state index is 0.0148. The van der Waals surface area contributed by atoms with E-state index in [2.05, 4.69) is 35.6 Å². The number of amides is 2. The van der Waals surface area contributed by atoms with Gasteiger partial charge >= 0.3 is 5.95 Å². The summed E-state index contributed by atoms with van der Waals surface area (Å²) in [6.07, 6.45) is 3.71. The van der Waals surface area contributed by atoms with Gasteiger partial charge in [-0.05, 0) is 56.7 Å². The van der Waals surface area contributed by atoms with Crippen LogP contribution >= 0.6 is 21.6 Å². The highest BCUT2D eigenvalue weighted by molar-refractivity contribution is 8.76. The summed E-state index contributed by atoms with van der Waals surface area (Å²) in [5, 5.41) is 6.79. The Labute approximate surface area is 249 Å². The number of aromatic amines is 2. The second-order valence-electron chi connectivity index (χ2n) is 9.14. The number of ether oxygens (including phenoxy) is 1. The molecule has 42 heavy (non-hydrogen) atoms. The van der Waals surface area contributed by atoms with Gasteiger partial charge < -0.3 is 20.4 Å². The van der Waals surface area contributed by atoms with Crippen LogP contribution in [0.5, 0.6) is 5.88 Å². The Hall–Kier alpha value is -4.62. The normalized spacial score (nSPS) is 10.9. The molecule has 5 aromatic rings. The first-order valence-corrected chi connectivity index (χ1v) is 15.4. The maximum Gasteiger partial charge on any atom is 0.392 e. The fourth-order valence-electron chi connectivity index (χ4n) is 3.86. The first-order chi connectivity index (χ1) is 20.5. The number of pyridine rings is 1. The summed E-state index contributed by atoms with van der Waals surface area (Å²) in [5.41, 5.74) is 10.3. The van der Waals surface area contributed by atoms with Gasteiger partial charge in [0, 0.05) is 37.0 Å². The summed E-state index contributed by atoms with van der Waals surface area (Å²) in [4.78, 5) is 43.1. The van der Waals surface area contributed by atoms with Gasteiger partial charge in [0.25, 0.3) is 17.4 Å². The largest absolute Gasteiger partial charge is 0.461 e. The van der Waals surface area contributed by atoms with Crippen LogP contribution in [0.4, 0.5) is 5.95 Å². The van der Waals surface area contributed by atoms with Crippen molar-refractivity contribution in [3.8, 4) is 5.88 Å². The molecule has 0 saturated carbocycles. The number of fused-ring (bicyclic) bond motifs is 1. The molecule has 214 valence electrons. The number of rotatable bonds is 13. The fourth-order valence-corrected chi connectivity index (χ4v) is 5.73. The number of nitrogen functional groups attached to an aromatic ring is 1. The number of aromatic nitrogens is 5. The number of hydrogen-bond acceptors (Lipinski definition) is 9. The predicted molar refractivity (Wildman–Crippen MR) is 162 cm³/mol. The smallest absolute Gasteiger partial charge is 0.392 e. The molecule has 6 N–H and O–H groups in total. The highest BCUT2D eigenvalue weighted by Gasteiger charge is 2.15. The van der Waals surface area contributed by atoms with Crippen LogP contribution < -0.4 is 26.1 Å². The Morgan fingerprint density at radius 3 is 2.43 bits per heavy atom. The van der Waals surface area contributed by atoms with Gasteiger partial charge in [0.2, 0.25) is 5.91 Å². The highest BCUT2D eigenvalue weighted by Crippen LogP contribution is 2.29. The topological polar surface area (TPSA) is 162 Å². The van der Waals surface area contributed by atoms with Crippen LogP contribution in [-0.4, -0.2) is 37.5 Å². The van der Waals surface area contributed by atoms with Crippen molar-refractivity contribution in [2.24, 2.45) is 0 Å². The van der Waals surface area contributed by atoms with Crippen molar-refractivity contribution in [2.75, 3.05) is 11.5 Å². The van der Waals surface area contributed by atoms with E-state index in [-0.39, 0.29) is 17.8 Å². The SMILES string of the molecule is Nc1nc2nc[nH]c2c(OCc2ccc(CNC(=O)c3ccc(CNC(=O)CCSSc4ccccn4)cc3)cc2)[nH+]1. The number of nitrogens with one attached hydrogen (secondary N) is 4. The van der Waals surface area contributed by atoms with Crippen molar-refractivity contribution < 1.29 is 19.3 Å². The van der Waals surface area contributed by atoms with Crippen LogP contribution in [0.15, 0.2) is 84.3 Å².